The van der Waals surface area contributed by atoms with Gasteiger partial charge in [-0.3, -0.25) is 0 Å². The van der Waals surface area contributed by atoms with E-state index in [1.165, 1.54) is 38.5 Å². The Morgan fingerprint density at radius 3 is 2.23 bits per heavy atom. The average Bonchev–Trinajstić information content (AvgIpc) is 3.48. The molecule has 0 bridgehead atoms. The number of hydrogen-bond donors (Lipinski definition) is 0. The van der Waals surface area contributed by atoms with Gasteiger partial charge in [0.1, 0.15) is 0 Å². The van der Waals surface area contributed by atoms with E-state index in [4.69, 9.17) is 0 Å². The van der Waals surface area contributed by atoms with Gasteiger partial charge < -0.3 is 0 Å². The summed E-state index contributed by atoms with van der Waals surface area (Å²) in [6.45, 7) is -3.17. The molecule has 10 heterocycles. The third kappa shape index (κ3) is 0.116. The second-order valence-corrected chi connectivity index (χ2v) is 37.6. The maximum atomic E-state index is 11.0. The SMILES string of the molecule is O=Cc1cccc(C#C[C]23[CH]4[CH]5[CH]6[CH]2[Fe]56432789[CH]3[CH]2[CH]7[C]8(I)[CH]39)c1. The molecule has 0 radical (unpaired) electrons. The molecule has 0 saturated carbocycles. The molecule has 10 saturated heterocycles. The van der Waals surface area contributed by atoms with E-state index in [0.717, 1.165) is 19.7 Å². The molecule has 3 heteroatoms. The monoisotopic (exact) mass is 440 g/mol. The summed E-state index contributed by atoms with van der Waals surface area (Å²) in [6, 6.07) is 7.92. The Morgan fingerprint density at radius 1 is 1.09 bits per heavy atom. The number of carbonyl (C=O) groups excluding carboxylic acids is 1. The predicted molar refractivity (Wildman–Crippen MR) is 88.2 cm³/mol. The number of rotatable bonds is 1. The fraction of sp³-hybridized carbons (Fsp3) is 0.526. The topological polar surface area (TPSA) is 17.1 Å². The summed E-state index contributed by atoms with van der Waals surface area (Å²) in [6.07, 6.45) is 0.940. The van der Waals surface area contributed by atoms with E-state index >= 15 is 0 Å². The molecule has 0 aromatic heterocycles. The zero-order valence-electron chi connectivity index (χ0n) is 11.6. The summed E-state index contributed by atoms with van der Waals surface area (Å²) in [5, 5.41) is 0. The van der Waals surface area contributed by atoms with Gasteiger partial charge in [0.15, 0.2) is 0 Å². The third-order valence-corrected chi connectivity index (χ3v) is 68.5. The van der Waals surface area contributed by atoms with E-state index in [9.17, 15) is 4.79 Å². The first-order valence-corrected chi connectivity index (χ1v) is 15.7. The van der Waals surface area contributed by atoms with Gasteiger partial charge in [-0.05, 0) is 0 Å². The molecule has 8 atom stereocenters. The van der Waals surface area contributed by atoms with Crippen molar-refractivity contribution >= 4 is 28.9 Å². The van der Waals surface area contributed by atoms with Crippen LogP contribution in [0.4, 0.5) is 0 Å². The van der Waals surface area contributed by atoms with Crippen molar-refractivity contribution < 1.29 is 11.3 Å². The first-order chi connectivity index (χ1) is 10.4. The Bertz CT molecular complexity index is 1420. The van der Waals surface area contributed by atoms with E-state index in [-0.39, 0.29) is 0 Å². The summed E-state index contributed by atoms with van der Waals surface area (Å²) < 4.78 is 1.55. The van der Waals surface area contributed by atoms with Crippen molar-refractivity contribution in [2.45, 2.75) is 45.2 Å². The Balaban J connectivity index is 1.29. The molecule has 22 heavy (non-hydrogen) atoms. The van der Waals surface area contributed by atoms with Gasteiger partial charge in [-0.1, -0.05) is 0 Å². The van der Waals surface area contributed by atoms with Crippen molar-refractivity contribution in [2.24, 2.45) is 0 Å². The second-order valence-electron chi connectivity index (χ2n) is 11.7. The predicted octanol–water partition coefficient (Wildman–Crippen LogP) is 4.95. The number of hydrogen-bond acceptors (Lipinski definition) is 1. The normalized spacial score (nSPS) is 97.1. The number of aldehydes is 1. The Morgan fingerprint density at radius 2 is 1.77 bits per heavy atom. The van der Waals surface area contributed by atoms with Crippen LogP contribution >= 0.6 is 22.6 Å². The number of benzene rings is 1. The van der Waals surface area contributed by atoms with Gasteiger partial charge in [-0.15, -0.1) is 0 Å². The second kappa shape index (κ2) is 0.915. The fourth-order valence-electron chi connectivity index (χ4n) is 17.4. The van der Waals surface area contributed by atoms with Crippen molar-refractivity contribution in [3.05, 3.63) is 35.4 Å². The standard InChI is InChI=1S/C14H9O.C5H4I.Fe/c15-11-14-7-3-6-13(10-14)9-8-12-4-1-2-5-12;6-5-3-1-2-4-5;/h1-7,10-11H;1-4H;. The van der Waals surface area contributed by atoms with Crippen LogP contribution in [0.5, 0.6) is 0 Å². The van der Waals surface area contributed by atoms with Gasteiger partial charge >= 0.3 is 133 Å². The molecule has 8 unspecified atom stereocenters. The number of fused-ring (bicyclic) bond motifs is 10. The maximum absolute atomic E-state index is 11.0. The summed E-state index contributed by atoms with van der Waals surface area (Å²) in [5.74, 6) is 7.57. The Labute approximate surface area is 132 Å². The summed E-state index contributed by atoms with van der Waals surface area (Å²) >= 11 is 3.02. The summed E-state index contributed by atoms with van der Waals surface area (Å²) in [4.78, 5) is 21.2. The molecule has 1 aromatic rings. The van der Waals surface area contributed by atoms with Crippen LogP contribution in [0.25, 0.3) is 0 Å². The molecule has 10 fully saturated rings. The van der Waals surface area contributed by atoms with E-state index in [1.807, 2.05) is 18.2 Å². The van der Waals surface area contributed by atoms with Crippen LogP contribution < -0.4 is 0 Å². The number of alkyl halides is 1. The van der Waals surface area contributed by atoms with Crippen molar-refractivity contribution in [3.8, 4) is 11.8 Å². The zero-order chi connectivity index (χ0) is 14.0. The Hall–Kier alpha value is -0.301. The van der Waals surface area contributed by atoms with E-state index < -0.39 is 6.51 Å². The van der Waals surface area contributed by atoms with Crippen LogP contribution in [-0.4, -0.2) is 8.61 Å². The number of halogens is 1. The zero-order valence-corrected chi connectivity index (χ0v) is 14.9. The molecular weight excluding hydrogens is 427 g/mol. The molecule has 0 N–H and O–H groups in total. The van der Waals surface area contributed by atoms with Crippen molar-refractivity contribution in [1.82, 2.24) is 0 Å². The molecule has 1 spiro atoms. The first kappa shape index (κ1) is 9.25. The van der Waals surface area contributed by atoms with Crippen molar-refractivity contribution in [2.75, 3.05) is 0 Å². The minimum absolute atomic E-state index is 0.646. The Kier molecular flexibility index (Phi) is 0.385. The molecule has 10 aliphatic rings. The molecule has 0 amide bonds. The summed E-state index contributed by atoms with van der Waals surface area (Å²) in [5.41, 5.74) is 1.84. The van der Waals surface area contributed by atoms with Crippen LogP contribution in [0.2, 0.25) is 42.8 Å². The van der Waals surface area contributed by atoms with Crippen LogP contribution in [0.3, 0.4) is 0 Å². The average molecular weight is 440 g/mol. The van der Waals surface area contributed by atoms with Crippen LogP contribution in [0, 0.1) is 11.8 Å². The van der Waals surface area contributed by atoms with Gasteiger partial charge in [0.2, 0.25) is 0 Å². The first-order valence-electron chi connectivity index (χ1n) is 8.43. The van der Waals surface area contributed by atoms with Gasteiger partial charge in [0.05, 0.1) is 0 Å². The molecular formula is C19H13FeIO. The van der Waals surface area contributed by atoms with Crippen LogP contribution in [-0.2, 0) is 6.51 Å². The van der Waals surface area contributed by atoms with Gasteiger partial charge in [-0.2, -0.15) is 0 Å². The van der Waals surface area contributed by atoms with E-state index in [0.29, 0.717) is 4.31 Å². The molecule has 10 aliphatic heterocycles. The van der Waals surface area contributed by atoms with Gasteiger partial charge in [0.25, 0.3) is 0 Å². The minimum atomic E-state index is -3.17. The molecule has 1 aromatic carbocycles. The molecule has 110 valence electrons. The fourth-order valence-corrected chi connectivity index (χ4v) is 109. The molecule has 11 rings (SSSR count). The van der Waals surface area contributed by atoms with Gasteiger partial charge in [-0.25, -0.2) is 0 Å². The van der Waals surface area contributed by atoms with Crippen LogP contribution in [0.15, 0.2) is 24.3 Å². The van der Waals surface area contributed by atoms with Crippen LogP contribution in [0.1, 0.15) is 15.9 Å². The van der Waals surface area contributed by atoms with E-state index in [2.05, 4.69) is 40.5 Å². The van der Waals surface area contributed by atoms with Crippen molar-refractivity contribution in [3.63, 3.8) is 0 Å². The summed E-state index contributed by atoms with van der Waals surface area (Å²) in [7, 11) is 0. The number of carbonyl (C=O) groups is 1. The van der Waals surface area contributed by atoms with Gasteiger partial charge in [0, 0.05) is 0 Å². The molecule has 0 aliphatic carbocycles. The van der Waals surface area contributed by atoms with Crippen molar-refractivity contribution in [1.29, 1.82) is 0 Å². The quantitative estimate of drug-likeness (QED) is 0.199. The molecule has 1 nitrogen and oxygen atoms in total. The third-order valence-electron chi connectivity index (χ3n) is 16.1. The van der Waals surface area contributed by atoms with E-state index in [1.54, 1.807) is 0 Å².